The Labute approximate surface area is 551 Å². The summed E-state index contributed by atoms with van der Waals surface area (Å²) < 4.78 is 15.0. The van der Waals surface area contributed by atoms with Crippen molar-refractivity contribution in [3.63, 3.8) is 0 Å². The van der Waals surface area contributed by atoms with Crippen LogP contribution in [0.4, 0.5) is 0 Å². The van der Waals surface area contributed by atoms with Gasteiger partial charge in [0.1, 0.15) is 23.0 Å². The van der Waals surface area contributed by atoms with E-state index in [-0.39, 0.29) is 0 Å². The summed E-state index contributed by atoms with van der Waals surface area (Å²) in [6.45, 7) is 0. The highest BCUT2D eigenvalue weighted by Gasteiger charge is 2.53. The first-order valence-corrected chi connectivity index (χ1v) is 33.1. The van der Waals surface area contributed by atoms with Crippen molar-refractivity contribution in [2.75, 3.05) is 0 Å². The molecule has 2 heterocycles. The van der Waals surface area contributed by atoms with Gasteiger partial charge in [-0.2, -0.15) is 0 Å². The molecule has 95 heavy (non-hydrogen) atoms. The van der Waals surface area contributed by atoms with E-state index in [1.165, 1.54) is 88.7 Å². The van der Waals surface area contributed by atoms with Crippen molar-refractivity contribution in [3.05, 3.63) is 419 Å². The zero-order chi connectivity index (χ0) is 62.4. The van der Waals surface area contributed by atoms with Crippen molar-refractivity contribution in [3.8, 4) is 78.6 Å². The lowest BCUT2D eigenvalue weighted by molar-refractivity contribution is 0.436. The van der Waals surface area contributed by atoms with Gasteiger partial charge >= 0.3 is 0 Å². The number of hydrogen-bond acceptors (Lipinski definition) is 2. The highest BCUT2D eigenvalue weighted by molar-refractivity contribution is 6.22. The molecule has 0 fully saturated rings. The quantitative estimate of drug-likeness (QED) is 0.148. The van der Waals surface area contributed by atoms with E-state index in [9.17, 15) is 0 Å². The van der Waals surface area contributed by atoms with Gasteiger partial charge in [-0.25, -0.2) is 0 Å². The van der Waals surface area contributed by atoms with Crippen LogP contribution in [0.1, 0.15) is 66.8 Å². The van der Waals surface area contributed by atoms with Crippen LogP contribution in [0.3, 0.4) is 0 Å². The third-order valence-corrected chi connectivity index (χ3v) is 21.6. The molecule has 16 aromatic rings. The third-order valence-electron chi connectivity index (χ3n) is 21.6. The molecule has 0 bridgehead atoms. The number of hydrogen-bond donors (Lipinski definition) is 0. The minimum absolute atomic E-state index is 0.587. The standard InChI is InChI=1S/C93H58O2/c1-5-29-60(30-6-1)91(61-31-7-2-8-32-61)78-49-19-21-54-84(78)94-89-69(44-25-52-82(89)91)65-40-23-42-67-74(65)58-75-66(70-45-26-53-83-90(70)95-85-55-22-20-50-79(85)92(83,62-33-9-3-10-34-62)63-35-11-4-12-36-63)41-24-43-68(75)86(67)73-46-27-51-80-88(73)72-39-16-18-48-77(72)93(80)76-47-17-15-38-71(76)87-64-37-14-13-28-59(64)56-57-81(87)93/h1-58H. The second-order valence-corrected chi connectivity index (χ2v) is 25.9. The van der Waals surface area contributed by atoms with Gasteiger partial charge in [0.2, 0.25) is 0 Å². The maximum absolute atomic E-state index is 7.51. The molecule has 2 aliphatic carbocycles. The molecule has 0 saturated heterocycles. The summed E-state index contributed by atoms with van der Waals surface area (Å²) >= 11 is 0. The van der Waals surface area contributed by atoms with Gasteiger partial charge in [-0.3, -0.25) is 0 Å². The van der Waals surface area contributed by atoms with Gasteiger partial charge in [0.25, 0.3) is 0 Å². The highest BCUT2D eigenvalue weighted by atomic mass is 16.5. The summed E-state index contributed by atoms with van der Waals surface area (Å²) in [5.41, 5.74) is 24.0. The lowest BCUT2D eigenvalue weighted by Gasteiger charge is -2.42. The molecule has 2 heteroatoms. The molecule has 0 aromatic heterocycles. The average molecular weight is 1210 g/mol. The molecule has 16 aromatic carbocycles. The van der Waals surface area contributed by atoms with E-state index in [0.717, 1.165) is 89.1 Å². The molecule has 0 N–H and O–H groups in total. The maximum Gasteiger partial charge on any atom is 0.140 e. The van der Waals surface area contributed by atoms with E-state index < -0.39 is 16.2 Å². The number of ether oxygens (including phenoxy) is 2. The first-order chi connectivity index (χ1) is 47.2. The Morgan fingerprint density at radius 2 is 0.526 bits per heavy atom. The largest absolute Gasteiger partial charge is 0.456 e. The topological polar surface area (TPSA) is 18.5 Å². The van der Waals surface area contributed by atoms with Crippen molar-refractivity contribution in [1.82, 2.24) is 0 Å². The fourth-order valence-electron chi connectivity index (χ4n) is 18.0. The van der Waals surface area contributed by atoms with E-state index >= 15 is 0 Å². The summed E-state index contributed by atoms with van der Waals surface area (Å²) in [5.74, 6) is 3.35. The van der Waals surface area contributed by atoms with Gasteiger partial charge < -0.3 is 9.47 Å². The van der Waals surface area contributed by atoms with Crippen molar-refractivity contribution in [1.29, 1.82) is 0 Å². The van der Waals surface area contributed by atoms with E-state index in [1.807, 2.05) is 0 Å². The molecule has 1 unspecified atom stereocenters. The molecule has 4 aliphatic rings. The van der Waals surface area contributed by atoms with Crippen molar-refractivity contribution >= 4 is 32.3 Å². The second-order valence-electron chi connectivity index (χ2n) is 25.9. The number of benzene rings is 16. The predicted octanol–water partition coefficient (Wildman–Crippen LogP) is 23.5. The van der Waals surface area contributed by atoms with Gasteiger partial charge in [0.05, 0.1) is 16.2 Å². The Morgan fingerprint density at radius 3 is 1.03 bits per heavy atom. The smallest absolute Gasteiger partial charge is 0.140 e. The monoisotopic (exact) mass is 1210 g/mol. The van der Waals surface area contributed by atoms with E-state index in [2.05, 4.69) is 352 Å². The molecule has 1 spiro atoms. The molecule has 442 valence electrons. The fourth-order valence-corrected chi connectivity index (χ4v) is 18.0. The molecule has 0 radical (unpaired) electrons. The summed E-state index contributed by atoms with van der Waals surface area (Å²) in [4.78, 5) is 0. The zero-order valence-electron chi connectivity index (χ0n) is 51.8. The van der Waals surface area contributed by atoms with Crippen LogP contribution >= 0.6 is 0 Å². The Hall–Kier alpha value is -12.1. The second kappa shape index (κ2) is 20.4. The van der Waals surface area contributed by atoms with Crippen LogP contribution in [0, 0.1) is 0 Å². The van der Waals surface area contributed by atoms with Crippen LogP contribution in [-0.4, -0.2) is 0 Å². The first-order valence-electron chi connectivity index (χ1n) is 33.1. The Balaban J connectivity index is 0.908. The van der Waals surface area contributed by atoms with Crippen LogP contribution < -0.4 is 9.47 Å². The van der Waals surface area contributed by atoms with Crippen LogP contribution in [0.5, 0.6) is 23.0 Å². The Bertz CT molecular complexity index is 5530. The van der Waals surface area contributed by atoms with E-state index in [4.69, 9.17) is 9.47 Å². The predicted molar refractivity (Wildman–Crippen MR) is 388 cm³/mol. The van der Waals surface area contributed by atoms with Crippen LogP contribution in [0.15, 0.2) is 352 Å². The SMILES string of the molecule is c1ccc(C2(c3ccccc3)c3ccccc3Oc3c(-c4cccc5c(-c6cccc7c6-c6ccccc6C76c7ccccc7-c7c6ccc6ccccc76)c6cccc(-c7cccc8c7Oc7ccccc7C8(c7ccccc7)c7ccccc7)c6cc45)cccc32)cc1. The van der Waals surface area contributed by atoms with Crippen molar-refractivity contribution in [2.45, 2.75) is 16.2 Å². The number of para-hydroxylation sites is 4. The molecular weight excluding hydrogens is 1150 g/mol. The first kappa shape index (κ1) is 53.6. The molecule has 2 aliphatic heterocycles. The Kier molecular flexibility index (Phi) is 11.5. The molecule has 0 amide bonds. The molecular formula is C93H58O2. The van der Waals surface area contributed by atoms with E-state index in [1.54, 1.807) is 0 Å². The highest BCUT2D eigenvalue weighted by Crippen LogP contribution is 2.67. The van der Waals surface area contributed by atoms with Gasteiger partial charge in [-0.15, -0.1) is 0 Å². The summed E-state index contributed by atoms with van der Waals surface area (Å²) in [6, 6.07) is 131. The van der Waals surface area contributed by atoms with Crippen molar-refractivity contribution in [2.24, 2.45) is 0 Å². The minimum Gasteiger partial charge on any atom is -0.456 e. The van der Waals surface area contributed by atoms with Crippen LogP contribution in [-0.2, 0) is 16.2 Å². The zero-order valence-corrected chi connectivity index (χ0v) is 51.8. The Morgan fingerprint density at radius 1 is 0.179 bits per heavy atom. The van der Waals surface area contributed by atoms with Gasteiger partial charge in [-0.1, -0.05) is 334 Å². The lowest BCUT2D eigenvalue weighted by Crippen LogP contribution is -2.34. The average Bonchev–Trinajstić information content (AvgIpc) is 1.51. The summed E-state index contributed by atoms with van der Waals surface area (Å²) in [5, 5.41) is 7.05. The normalized spacial score (nSPS) is 15.3. The lowest BCUT2D eigenvalue weighted by atomic mass is 9.63. The molecule has 2 nitrogen and oxygen atoms in total. The van der Waals surface area contributed by atoms with Crippen LogP contribution in [0.2, 0.25) is 0 Å². The van der Waals surface area contributed by atoms with Gasteiger partial charge in [0.15, 0.2) is 0 Å². The van der Waals surface area contributed by atoms with Crippen LogP contribution in [0.25, 0.3) is 88.0 Å². The van der Waals surface area contributed by atoms with Gasteiger partial charge in [-0.05, 0) is 140 Å². The fraction of sp³-hybridized carbons (Fsp3) is 0.0323. The summed E-state index contributed by atoms with van der Waals surface area (Å²) in [6.07, 6.45) is 0. The maximum atomic E-state index is 7.51. The van der Waals surface area contributed by atoms with E-state index in [0.29, 0.717) is 0 Å². The van der Waals surface area contributed by atoms with Crippen molar-refractivity contribution < 1.29 is 9.47 Å². The number of rotatable bonds is 7. The third kappa shape index (κ3) is 7.18. The molecule has 0 saturated carbocycles. The molecule has 20 rings (SSSR count). The minimum atomic E-state index is -0.713. The number of fused-ring (bicyclic) bond motifs is 18. The molecule has 1 atom stereocenters. The van der Waals surface area contributed by atoms with Gasteiger partial charge in [0, 0.05) is 33.4 Å². The summed E-state index contributed by atoms with van der Waals surface area (Å²) in [7, 11) is 0.